The fourth-order valence-corrected chi connectivity index (χ4v) is 4.87. The maximum atomic E-state index is 14.0. The van der Waals surface area contributed by atoms with Gasteiger partial charge in [-0.3, -0.25) is 4.79 Å². The number of methoxy groups -OCH3 is 1. The Hall–Kier alpha value is -3.45. The Morgan fingerprint density at radius 1 is 1.10 bits per heavy atom. The van der Waals surface area contributed by atoms with Gasteiger partial charge in [0.25, 0.3) is 5.56 Å². The van der Waals surface area contributed by atoms with Crippen molar-refractivity contribution in [2.24, 2.45) is 0 Å². The molecule has 0 aliphatic rings. The summed E-state index contributed by atoms with van der Waals surface area (Å²) in [5.74, 6) is 0.425. The average Bonchev–Trinajstić information content (AvgIpc) is 3.17. The topological polar surface area (TPSA) is 67.0 Å². The lowest BCUT2D eigenvalue weighted by molar-refractivity contribution is 0.414. The quantitative estimate of drug-likeness (QED) is 0.372. The summed E-state index contributed by atoms with van der Waals surface area (Å²) in [6, 6.07) is 14.2. The molecule has 0 unspecified atom stereocenters. The maximum absolute atomic E-state index is 14.0. The molecule has 0 spiro atoms. The molecule has 30 heavy (non-hydrogen) atoms. The third-order valence-corrected chi connectivity index (χ3v) is 6.31. The van der Waals surface area contributed by atoms with Crippen LogP contribution in [0.3, 0.4) is 0 Å². The molecule has 5 aromatic rings. The van der Waals surface area contributed by atoms with E-state index in [-0.39, 0.29) is 17.4 Å². The molecule has 7 heteroatoms. The largest absolute Gasteiger partial charge is 0.497 e. The van der Waals surface area contributed by atoms with Crippen molar-refractivity contribution >= 4 is 48.2 Å². The minimum atomic E-state index is -0.381. The van der Waals surface area contributed by atoms with E-state index in [2.05, 4.69) is 17.2 Å². The Labute approximate surface area is 175 Å². The molecule has 2 aromatic heterocycles. The third-order valence-electron chi connectivity index (χ3n) is 5.29. The normalized spacial score (nSPS) is 12.5. The van der Waals surface area contributed by atoms with Gasteiger partial charge in [0, 0.05) is 22.4 Å². The van der Waals surface area contributed by atoms with Crippen molar-refractivity contribution in [2.75, 3.05) is 12.4 Å². The molecular formula is C23H18FN3O2S. The highest BCUT2D eigenvalue weighted by Crippen LogP contribution is 2.39. The minimum Gasteiger partial charge on any atom is -0.497 e. The van der Waals surface area contributed by atoms with Gasteiger partial charge >= 0.3 is 0 Å². The summed E-state index contributed by atoms with van der Waals surface area (Å²) in [6.07, 6.45) is 1.61. The molecule has 3 aromatic carbocycles. The van der Waals surface area contributed by atoms with Crippen molar-refractivity contribution in [1.82, 2.24) is 9.97 Å². The molecule has 0 aliphatic carbocycles. The van der Waals surface area contributed by atoms with Crippen LogP contribution in [-0.4, -0.2) is 17.1 Å². The summed E-state index contributed by atoms with van der Waals surface area (Å²) in [4.78, 5) is 20.0. The van der Waals surface area contributed by atoms with Gasteiger partial charge in [-0.1, -0.05) is 23.5 Å². The monoisotopic (exact) mass is 419 g/mol. The Morgan fingerprint density at radius 2 is 1.90 bits per heavy atom. The molecule has 2 heterocycles. The summed E-state index contributed by atoms with van der Waals surface area (Å²) in [6.45, 7) is 2.06. The molecule has 0 amide bonds. The molecule has 5 nitrogen and oxygen atoms in total. The second-order valence-electron chi connectivity index (χ2n) is 7.12. The molecular weight excluding hydrogens is 401 g/mol. The molecule has 0 fully saturated rings. The van der Waals surface area contributed by atoms with E-state index >= 15 is 0 Å². The second-order valence-corrected chi connectivity index (χ2v) is 8.12. The molecule has 2 N–H and O–H groups in total. The van der Waals surface area contributed by atoms with Gasteiger partial charge in [-0.2, -0.15) is 0 Å². The van der Waals surface area contributed by atoms with E-state index in [0.29, 0.717) is 10.8 Å². The van der Waals surface area contributed by atoms with Gasteiger partial charge in [0.05, 0.1) is 28.8 Å². The molecule has 0 saturated carbocycles. The van der Waals surface area contributed by atoms with Crippen LogP contribution >= 0.6 is 11.3 Å². The van der Waals surface area contributed by atoms with Gasteiger partial charge in [-0.05, 0) is 48.9 Å². The maximum Gasteiger partial charge on any atom is 0.256 e. The Bertz CT molecular complexity index is 1460. The van der Waals surface area contributed by atoms with Gasteiger partial charge in [-0.15, -0.1) is 0 Å². The highest BCUT2D eigenvalue weighted by molar-refractivity contribution is 7.23. The Morgan fingerprint density at radius 3 is 2.67 bits per heavy atom. The van der Waals surface area contributed by atoms with E-state index in [9.17, 15) is 9.18 Å². The number of pyridine rings is 1. The zero-order valence-corrected chi connectivity index (χ0v) is 17.1. The van der Waals surface area contributed by atoms with Gasteiger partial charge in [0.15, 0.2) is 5.13 Å². The van der Waals surface area contributed by atoms with E-state index in [1.807, 2.05) is 30.3 Å². The SMILES string of the molecule is COc1ccc([C@@H](C)Nc2nc3c4ccc(F)cc4c4c(=O)[nH]ccc4c3s2)cc1. The minimum absolute atomic E-state index is 0.0230. The standard InChI is InChI=1S/C23H18FN3O2S/c1-12(13-3-6-15(29-2)7-4-13)26-23-27-20-16-8-5-14(24)11-18(16)19-17(21(20)30-23)9-10-25-22(19)28/h3-12H,1-2H3,(H,25,28)(H,26,27)/t12-/m1/s1. The third kappa shape index (κ3) is 2.98. The molecule has 0 saturated heterocycles. The molecule has 0 aliphatic heterocycles. The van der Waals surface area contributed by atoms with E-state index < -0.39 is 0 Å². The molecule has 0 bridgehead atoms. The first-order valence-corrected chi connectivity index (χ1v) is 10.3. The van der Waals surface area contributed by atoms with Crippen molar-refractivity contribution in [3.8, 4) is 5.75 Å². The van der Waals surface area contributed by atoms with Crippen LogP contribution in [-0.2, 0) is 0 Å². The van der Waals surface area contributed by atoms with Gasteiger partial charge in [0.1, 0.15) is 11.6 Å². The Kier molecular flexibility index (Phi) is 4.40. The second kappa shape index (κ2) is 7.11. The number of anilines is 1. The van der Waals surface area contributed by atoms with Crippen LogP contribution in [0.25, 0.3) is 31.8 Å². The van der Waals surface area contributed by atoms with Crippen LogP contribution in [0.1, 0.15) is 18.5 Å². The number of aromatic amines is 1. The predicted octanol–water partition coefficient (Wildman–Crippen LogP) is 5.61. The first-order valence-electron chi connectivity index (χ1n) is 9.49. The smallest absolute Gasteiger partial charge is 0.256 e. The van der Waals surface area contributed by atoms with Crippen LogP contribution in [0, 0.1) is 5.82 Å². The van der Waals surface area contributed by atoms with Crippen LogP contribution in [0.4, 0.5) is 9.52 Å². The first-order chi connectivity index (χ1) is 14.5. The number of thiazole rings is 1. The molecule has 1 atom stereocenters. The number of aromatic nitrogens is 2. The van der Waals surface area contributed by atoms with Crippen molar-refractivity contribution in [2.45, 2.75) is 13.0 Å². The summed E-state index contributed by atoms with van der Waals surface area (Å²) in [5.41, 5.74) is 1.63. The van der Waals surface area contributed by atoms with Crippen molar-refractivity contribution in [3.63, 3.8) is 0 Å². The number of benzene rings is 3. The average molecular weight is 419 g/mol. The predicted molar refractivity (Wildman–Crippen MR) is 120 cm³/mol. The van der Waals surface area contributed by atoms with Crippen molar-refractivity contribution < 1.29 is 9.13 Å². The van der Waals surface area contributed by atoms with Gasteiger partial charge < -0.3 is 15.0 Å². The van der Waals surface area contributed by atoms with E-state index in [1.165, 1.54) is 23.5 Å². The first kappa shape index (κ1) is 18.6. The van der Waals surface area contributed by atoms with Crippen molar-refractivity contribution in [1.29, 1.82) is 0 Å². The number of halogens is 1. The van der Waals surface area contributed by atoms with E-state index in [0.717, 1.165) is 37.4 Å². The summed E-state index contributed by atoms with van der Waals surface area (Å²) < 4.78 is 20.1. The summed E-state index contributed by atoms with van der Waals surface area (Å²) in [7, 11) is 1.64. The van der Waals surface area contributed by atoms with Gasteiger partial charge in [0.2, 0.25) is 0 Å². The van der Waals surface area contributed by atoms with Crippen LogP contribution in [0.2, 0.25) is 0 Å². The number of nitrogens with zero attached hydrogens (tertiary/aromatic N) is 1. The van der Waals surface area contributed by atoms with Crippen molar-refractivity contribution in [3.05, 3.63) is 76.5 Å². The zero-order chi connectivity index (χ0) is 20.8. The zero-order valence-electron chi connectivity index (χ0n) is 16.3. The van der Waals surface area contributed by atoms with Crippen LogP contribution < -0.4 is 15.6 Å². The number of fused-ring (bicyclic) bond motifs is 6. The number of hydrogen-bond donors (Lipinski definition) is 2. The fraction of sp³-hybridized carbons (Fsp3) is 0.130. The summed E-state index contributed by atoms with van der Waals surface area (Å²) in [5, 5.41) is 6.78. The van der Waals surface area contributed by atoms with Gasteiger partial charge in [-0.25, -0.2) is 9.37 Å². The fourth-order valence-electron chi connectivity index (χ4n) is 3.77. The highest BCUT2D eigenvalue weighted by Gasteiger charge is 2.17. The lowest BCUT2D eigenvalue weighted by atomic mass is 10.0. The number of nitrogens with one attached hydrogen (secondary N) is 2. The molecule has 150 valence electrons. The number of ether oxygens (including phenoxy) is 1. The molecule has 0 radical (unpaired) electrons. The Balaban J connectivity index is 1.66. The molecule has 5 rings (SSSR count). The lowest BCUT2D eigenvalue weighted by Gasteiger charge is -2.13. The van der Waals surface area contributed by atoms with E-state index in [1.54, 1.807) is 19.4 Å². The van der Waals surface area contributed by atoms with E-state index in [4.69, 9.17) is 9.72 Å². The highest BCUT2D eigenvalue weighted by atomic mass is 32.1. The van der Waals surface area contributed by atoms with Crippen LogP contribution in [0.5, 0.6) is 5.75 Å². The lowest BCUT2D eigenvalue weighted by Crippen LogP contribution is -2.06. The number of H-pyrrole nitrogens is 1. The summed E-state index contributed by atoms with van der Waals surface area (Å²) >= 11 is 1.49. The van der Waals surface area contributed by atoms with Crippen LogP contribution in [0.15, 0.2) is 59.5 Å². The number of hydrogen-bond acceptors (Lipinski definition) is 5. The number of rotatable bonds is 4.